The first-order valence-corrected chi connectivity index (χ1v) is 7.51. The van der Waals surface area contributed by atoms with Crippen molar-refractivity contribution in [3.05, 3.63) is 38.3 Å². The Morgan fingerprint density at radius 2 is 2.20 bits per heavy atom. The van der Waals surface area contributed by atoms with Crippen LogP contribution in [0.1, 0.15) is 43.5 Å². The molecule has 1 heterocycles. The van der Waals surface area contributed by atoms with Gasteiger partial charge in [0.2, 0.25) is 0 Å². The van der Waals surface area contributed by atoms with Gasteiger partial charge in [0.25, 0.3) is 11.6 Å². The quantitative estimate of drug-likeness (QED) is 0.621. The van der Waals surface area contributed by atoms with E-state index in [0.717, 1.165) is 19.3 Å². The molecule has 2 unspecified atom stereocenters. The van der Waals surface area contributed by atoms with Crippen LogP contribution in [0, 0.1) is 10.1 Å². The van der Waals surface area contributed by atoms with Crippen molar-refractivity contribution in [1.82, 2.24) is 4.90 Å². The van der Waals surface area contributed by atoms with Gasteiger partial charge in [0.1, 0.15) is 0 Å². The molecule has 0 saturated carbocycles. The summed E-state index contributed by atoms with van der Waals surface area (Å²) in [5.74, 6) is -0.113. The zero-order chi connectivity index (χ0) is 14.9. The number of nitro groups is 1. The predicted octanol–water partition coefficient (Wildman–Crippen LogP) is 3.76. The lowest BCUT2D eigenvalue weighted by molar-refractivity contribution is -0.385. The fraction of sp³-hybridized carbons (Fsp3) is 0.500. The molecular formula is C14H17BrN2O3. The molecule has 1 saturated heterocycles. The van der Waals surface area contributed by atoms with Crippen molar-refractivity contribution in [2.45, 2.75) is 45.2 Å². The van der Waals surface area contributed by atoms with Crippen LogP contribution in [0.3, 0.4) is 0 Å². The number of carbonyl (C=O) groups is 1. The van der Waals surface area contributed by atoms with Gasteiger partial charge in [-0.3, -0.25) is 14.9 Å². The second kappa shape index (κ2) is 5.91. The van der Waals surface area contributed by atoms with Gasteiger partial charge < -0.3 is 4.90 Å². The molecule has 0 aromatic heterocycles. The lowest BCUT2D eigenvalue weighted by Crippen LogP contribution is -2.39. The Labute approximate surface area is 126 Å². The first-order valence-electron chi connectivity index (χ1n) is 6.72. The van der Waals surface area contributed by atoms with Crippen molar-refractivity contribution in [1.29, 1.82) is 0 Å². The molecule has 0 aliphatic carbocycles. The van der Waals surface area contributed by atoms with Crippen LogP contribution in [-0.4, -0.2) is 27.8 Å². The highest BCUT2D eigenvalue weighted by molar-refractivity contribution is 9.10. The summed E-state index contributed by atoms with van der Waals surface area (Å²) in [6.45, 7) is 4.09. The maximum Gasteiger partial charge on any atom is 0.284 e. The minimum atomic E-state index is -0.481. The van der Waals surface area contributed by atoms with Crippen molar-refractivity contribution in [3.63, 3.8) is 0 Å². The number of nitro benzene ring substituents is 1. The summed E-state index contributed by atoms with van der Waals surface area (Å²) in [5, 5.41) is 11.0. The van der Waals surface area contributed by atoms with Gasteiger partial charge >= 0.3 is 0 Å². The molecule has 1 aliphatic rings. The Balaban J connectivity index is 2.33. The van der Waals surface area contributed by atoms with Gasteiger partial charge in [-0.25, -0.2) is 0 Å². The van der Waals surface area contributed by atoms with Crippen LogP contribution in [-0.2, 0) is 0 Å². The minimum absolute atomic E-state index is 0.0734. The summed E-state index contributed by atoms with van der Waals surface area (Å²) in [5.41, 5.74) is 0.308. The topological polar surface area (TPSA) is 63.5 Å². The van der Waals surface area contributed by atoms with E-state index in [-0.39, 0.29) is 23.7 Å². The second-order valence-corrected chi connectivity index (χ2v) is 5.98. The van der Waals surface area contributed by atoms with Crippen molar-refractivity contribution in [3.8, 4) is 0 Å². The maximum atomic E-state index is 12.6. The van der Waals surface area contributed by atoms with Crippen LogP contribution >= 0.6 is 15.9 Å². The predicted molar refractivity (Wildman–Crippen MR) is 79.7 cm³/mol. The average Bonchev–Trinajstić information content (AvgIpc) is 2.79. The third-order valence-electron chi connectivity index (χ3n) is 3.88. The Bertz CT molecular complexity index is 547. The molecular weight excluding hydrogens is 324 g/mol. The van der Waals surface area contributed by atoms with Crippen LogP contribution in [0.25, 0.3) is 0 Å². The number of nitrogens with zero attached hydrogens (tertiary/aromatic N) is 2. The molecule has 0 radical (unpaired) electrons. The van der Waals surface area contributed by atoms with E-state index in [0.29, 0.717) is 10.0 Å². The lowest BCUT2D eigenvalue weighted by atomic mass is 10.1. The number of carbonyl (C=O) groups excluding carboxylic acids is 1. The molecule has 1 aliphatic heterocycles. The smallest absolute Gasteiger partial charge is 0.284 e. The van der Waals surface area contributed by atoms with Crippen LogP contribution in [0.5, 0.6) is 0 Å². The summed E-state index contributed by atoms with van der Waals surface area (Å²) < 4.78 is 0.389. The molecule has 2 rings (SSSR count). The molecule has 0 N–H and O–H groups in total. The van der Waals surface area contributed by atoms with Gasteiger partial charge in [0.05, 0.1) is 9.40 Å². The highest BCUT2D eigenvalue weighted by Gasteiger charge is 2.34. The van der Waals surface area contributed by atoms with E-state index in [1.165, 1.54) is 6.07 Å². The van der Waals surface area contributed by atoms with E-state index >= 15 is 0 Å². The maximum absolute atomic E-state index is 12.6. The number of hydrogen-bond acceptors (Lipinski definition) is 3. The van der Waals surface area contributed by atoms with Crippen LogP contribution in [0.4, 0.5) is 5.69 Å². The van der Waals surface area contributed by atoms with E-state index in [9.17, 15) is 14.9 Å². The fourth-order valence-electron chi connectivity index (χ4n) is 2.77. The molecule has 108 valence electrons. The second-order valence-electron chi connectivity index (χ2n) is 5.12. The molecule has 6 heteroatoms. The first kappa shape index (κ1) is 15.0. The lowest BCUT2D eigenvalue weighted by Gasteiger charge is -2.28. The minimum Gasteiger partial charge on any atom is -0.333 e. The highest BCUT2D eigenvalue weighted by atomic mass is 79.9. The van der Waals surface area contributed by atoms with Crippen LogP contribution < -0.4 is 0 Å². The average molecular weight is 341 g/mol. The monoisotopic (exact) mass is 340 g/mol. The number of benzene rings is 1. The SMILES string of the molecule is CCC1CCC(C)N1C(=O)c1ccc(Br)c([N+](=O)[O-])c1. The summed E-state index contributed by atoms with van der Waals surface area (Å²) in [4.78, 5) is 24.9. The molecule has 1 fully saturated rings. The largest absolute Gasteiger partial charge is 0.333 e. The zero-order valence-electron chi connectivity index (χ0n) is 11.5. The van der Waals surface area contributed by atoms with E-state index in [2.05, 4.69) is 22.9 Å². The van der Waals surface area contributed by atoms with Gasteiger partial charge in [-0.05, 0) is 54.2 Å². The van der Waals surface area contributed by atoms with Gasteiger partial charge in [0.15, 0.2) is 0 Å². The van der Waals surface area contributed by atoms with Crippen LogP contribution in [0.2, 0.25) is 0 Å². The Hall–Kier alpha value is -1.43. The number of amides is 1. The van der Waals surface area contributed by atoms with Gasteiger partial charge in [-0.15, -0.1) is 0 Å². The molecule has 20 heavy (non-hydrogen) atoms. The standard InChI is InChI=1S/C14H17BrN2O3/c1-3-11-6-4-9(2)16(11)14(18)10-5-7-12(15)13(8-10)17(19)20/h5,7-9,11H,3-4,6H2,1-2H3. The van der Waals surface area contributed by atoms with Crippen molar-refractivity contribution in [2.75, 3.05) is 0 Å². The Morgan fingerprint density at radius 1 is 1.50 bits per heavy atom. The normalized spacial score (nSPS) is 22.1. The Morgan fingerprint density at radius 3 is 2.80 bits per heavy atom. The van der Waals surface area contributed by atoms with E-state index in [1.54, 1.807) is 12.1 Å². The molecule has 0 spiro atoms. The molecule has 2 atom stereocenters. The van der Waals surface area contributed by atoms with Crippen molar-refractivity contribution >= 4 is 27.5 Å². The van der Waals surface area contributed by atoms with E-state index in [4.69, 9.17) is 0 Å². The Kier molecular flexibility index (Phi) is 4.42. The molecule has 0 bridgehead atoms. The van der Waals surface area contributed by atoms with Gasteiger partial charge in [0, 0.05) is 23.7 Å². The number of halogens is 1. The van der Waals surface area contributed by atoms with E-state index in [1.807, 2.05) is 11.8 Å². The van der Waals surface area contributed by atoms with Crippen molar-refractivity contribution in [2.24, 2.45) is 0 Å². The highest BCUT2D eigenvalue weighted by Crippen LogP contribution is 2.30. The fourth-order valence-corrected chi connectivity index (χ4v) is 3.16. The summed E-state index contributed by atoms with van der Waals surface area (Å²) in [7, 11) is 0. The van der Waals surface area contributed by atoms with Gasteiger partial charge in [-0.1, -0.05) is 6.92 Å². The molecule has 1 aromatic rings. The van der Waals surface area contributed by atoms with Gasteiger partial charge in [-0.2, -0.15) is 0 Å². The number of likely N-dealkylation sites (tertiary alicyclic amines) is 1. The molecule has 1 aromatic carbocycles. The number of hydrogen-bond donors (Lipinski definition) is 0. The summed E-state index contributed by atoms with van der Waals surface area (Å²) >= 11 is 3.13. The van der Waals surface area contributed by atoms with Crippen LogP contribution in [0.15, 0.2) is 22.7 Å². The third kappa shape index (κ3) is 2.70. The molecule has 5 nitrogen and oxygen atoms in total. The third-order valence-corrected chi connectivity index (χ3v) is 4.55. The molecule has 1 amide bonds. The summed E-state index contributed by atoms with van der Waals surface area (Å²) in [6.07, 6.45) is 2.90. The van der Waals surface area contributed by atoms with Crippen molar-refractivity contribution < 1.29 is 9.72 Å². The van der Waals surface area contributed by atoms with E-state index < -0.39 is 4.92 Å². The summed E-state index contributed by atoms with van der Waals surface area (Å²) in [6, 6.07) is 4.98. The number of rotatable bonds is 3. The first-order chi connectivity index (χ1) is 9.45. The zero-order valence-corrected chi connectivity index (χ0v) is 13.1.